The molecular weight excluding hydrogens is 252 g/mol. The first-order valence-corrected chi connectivity index (χ1v) is 6.82. The number of hydrogen-bond donors (Lipinski definition) is 0. The third-order valence-electron chi connectivity index (χ3n) is 3.15. The van der Waals surface area contributed by atoms with Gasteiger partial charge in [-0.15, -0.1) is 0 Å². The average molecular weight is 269 g/mol. The van der Waals surface area contributed by atoms with Crippen molar-refractivity contribution in [3.05, 3.63) is 29.7 Å². The Kier molecular flexibility index (Phi) is 4.07. The minimum Gasteiger partial charge on any atom is -0.465 e. The maximum absolute atomic E-state index is 5.36. The number of alkyl halides is 1. The molecule has 0 aliphatic heterocycles. The van der Waals surface area contributed by atoms with Gasteiger partial charge in [-0.2, -0.15) is 0 Å². The summed E-state index contributed by atoms with van der Waals surface area (Å²) in [5.74, 6) is 1.75. The summed E-state index contributed by atoms with van der Waals surface area (Å²) in [6, 6.07) is 3.96. The van der Waals surface area contributed by atoms with E-state index in [2.05, 4.69) is 22.0 Å². The van der Waals surface area contributed by atoms with Crippen molar-refractivity contribution in [2.75, 3.05) is 5.33 Å². The van der Waals surface area contributed by atoms with E-state index in [-0.39, 0.29) is 0 Å². The lowest BCUT2D eigenvalue weighted by Crippen LogP contribution is -2.09. The molecule has 1 heterocycles. The van der Waals surface area contributed by atoms with Crippen LogP contribution in [0.25, 0.3) is 6.08 Å². The number of allylic oxidation sites excluding steroid dienone is 1. The topological polar surface area (TPSA) is 13.1 Å². The lowest BCUT2D eigenvalue weighted by Gasteiger charge is -2.23. The molecule has 0 spiro atoms. The summed E-state index contributed by atoms with van der Waals surface area (Å²) >= 11 is 3.59. The zero-order valence-corrected chi connectivity index (χ0v) is 10.5. The number of hydrogen-bond acceptors (Lipinski definition) is 1. The Hall–Kier alpha value is -0.500. The molecule has 2 heteroatoms. The Balaban J connectivity index is 2.08. The van der Waals surface area contributed by atoms with Crippen LogP contribution in [0.3, 0.4) is 0 Å². The zero-order chi connectivity index (χ0) is 10.5. The van der Waals surface area contributed by atoms with Crippen molar-refractivity contribution in [3.63, 3.8) is 0 Å². The van der Waals surface area contributed by atoms with Gasteiger partial charge in [0.05, 0.1) is 6.26 Å². The third kappa shape index (κ3) is 2.97. The van der Waals surface area contributed by atoms with Crippen LogP contribution in [-0.4, -0.2) is 5.33 Å². The van der Waals surface area contributed by atoms with Crippen LogP contribution in [-0.2, 0) is 0 Å². The molecule has 2 rings (SSSR count). The fraction of sp³-hybridized carbons (Fsp3) is 0.538. The molecule has 1 nitrogen and oxygen atoms in total. The van der Waals surface area contributed by atoms with Gasteiger partial charge in [-0.05, 0) is 37.0 Å². The molecule has 1 fully saturated rings. The van der Waals surface area contributed by atoms with Gasteiger partial charge >= 0.3 is 0 Å². The van der Waals surface area contributed by atoms with Gasteiger partial charge in [-0.3, -0.25) is 0 Å². The van der Waals surface area contributed by atoms with Gasteiger partial charge in [0.15, 0.2) is 0 Å². The number of halogens is 1. The highest BCUT2D eigenvalue weighted by Crippen LogP contribution is 2.31. The first kappa shape index (κ1) is 11.0. The highest BCUT2D eigenvalue weighted by molar-refractivity contribution is 9.09. The Bertz CT molecular complexity index is 307. The van der Waals surface area contributed by atoms with E-state index in [0.29, 0.717) is 0 Å². The maximum atomic E-state index is 5.36. The Morgan fingerprint density at radius 1 is 1.40 bits per heavy atom. The summed E-state index contributed by atoms with van der Waals surface area (Å²) in [4.78, 5) is 0. The van der Waals surface area contributed by atoms with Crippen molar-refractivity contribution in [1.82, 2.24) is 0 Å². The normalized spacial score (nSPS) is 19.4. The van der Waals surface area contributed by atoms with Gasteiger partial charge in [-0.1, -0.05) is 40.8 Å². The van der Waals surface area contributed by atoms with Crippen molar-refractivity contribution in [2.24, 2.45) is 5.92 Å². The van der Waals surface area contributed by atoms with Crippen LogP contribution in [0.4, 0.5) is 0 Å². The maximum Gasteiger partial charge on any atom is 0.126 e. The van der Waals surface area contributed by atoms with E-state index in [1.54, 1.807) is 6.26 Å². The molecule has 0 bridgehead atoms. The largest absolute Gasteiger partial charge is 0.465 e. The molecule has 1 aromatic rings. The molecule has 1 aromatic heterocycles. The molecule has 0 unspecified atom stereocenters. The zero-order valence-electron chi connectivity index (χ0n) is 8.92. The summed E-state index contributed by atoms with van der Waals surface area (Å²) < 4.78 is 5.36. The SMILES string of the molecule is BrCC(=Cc1ccco1)C1CCCCC1. The summed E-state index contributed by atoms with van der Waals surface area (Å²) in [6.45, 7) is 0. The lowest BCUT2D eigenvalue weighted by molar-refractivity contribution is 0.405. The van der Waals surface area contributed by atoms with Gasteiger partial charge in [0, 0.05) is 5.33 Å². The molecule has 0 atom stereocenters. The van der Waals surface area contributed by atoms with Crippen molar-refractivity contribution in [3.8, 4) is 0 Å². The van der Waals surface area contributed by atoms with Crippen LogP contribution in [0.15, 0.2) is 28.4 Å². The Labute approximate surface area is 99.7 Å². The molecule has 15 heavy (non-hydrogen) atoms. The molecule has 0 aromatic carbocycles. The molecule has 0 saturated heterocycles. The van der Waals surface area contributed by atoms with Crippen LogP contribution in [0.1, 0.15) is 37.9 Å². The van der Waals surface area contributed by atoms with Crippen molar-refractivity contribution in [2.45, 2.75) is 32.1 Å². The fourth-order valence-corrected chi connectivity index (χ4v) is 2.91. The minimum atomic E-state index is 0.767. The van der Waals surface area contributed by atoms with Crippen LogP contribution in [0, 0.1) is 5.92 Å². The second kappa shape index (κ2) is 5.55. The first-order valence-electron chi connectivity index (χ1n) is 5.70. The van der Waals surface area contributed by atoms with Crippen molar-refractivity contribution in [1.29, 1.82) is 0 Å². The van der Waals surface area contributed by atoms with Crippen LogP contribution >= 0.6 is 15.9 Å². The summed E-state index contributed by atoms with van der Waals surface area (Å²) in [5.41, 5.74) is 1.49. The Morgan fingerprint density at radius 3 is 2.80 bits per heavy atom. The van der Waals surface area contributed by atoms with E-state index in [1.165, 1.54) is 37.7 Å². The van der Waals surface area contributed by atoms with E-state index in [4.69, 9.17) is 4.42 Å². The third-order valence-corrected chi connectivity index (χ3v) is 3.80. The second-order valence-electron chi connectivity index (χ2n) is 4.20. The van der Waals surface area contributed by atoms with E-state index in [9.17, 15) is 0 Å². The van der Waals surface area contributed by atoms with E-state index < -0.39 is 0 Å². The standard InChI is InChI=1S/C13H17BrO/c14-10-12(9-13-7-4-8-15-13)11-5-2-1-3-6-11/h4,7-9,11H,1-3,5-6,10H2. The lowest BCUT2D eigenvalue weighted by atomic mass is 9.84. The molecule has 1 aliphatic rings. The smallest absolute Gasteiger partial charge is 0.126 e. The minimum absolute atomic E-state index is 0.767. The van der Waals surface area contributed by atoms with E-state index in [1.807, 2.05) is 12.1 Å². The molecule has 82 valence electrons. The summed E-state index contributed by atoms with van der Waals surface area (Å²) in [6.07, 6.45) is 10.8. The second-order valence-corrected chi connectivity index (χ2v) is 4.76. The van der Waals surface area contributed by atoms with Gasteiger partial charge in [0.25, 0.3) is 0 Å². The highest BCUT2D eigenvalue weighted by atomic mass is 79.9. The Morgan fingerprint density at radius 2 is 2.20 bits per heavy atom. The molecular formula is C13H17BrO. The molecule has 0 N–H and O–H groups in total. The first-order chi connectivity index (χ1) is 7.40. The summed E-state index contributed by atoms with van der Waals surface area (Å²) in [7, 11) is 0. The predicted molar refractivity (Wildman–Crippen MR) is 67.1 cm³/mol. The number of rotatable bonds is 3. The molecule has 0 amide bonds. The summed E-state index contributed by atoms with van der Waals surface area (Å²) in [5, 5.41) is 0.971. The van der Waals surface area contributed by atoms with Gasteiger partial charge in [-0.25, -0.2) is 0 Å². The van der Waals surface area contributed by atoms with Crippen LogP contribution in [0.2, 0.25) is 0 Å². The van der Waals surface area contributed by atoms with Crippen LogP contribution < -0.4 is 0 Å². The molecule has 1 saturated carbocycles. The van der Waals surface area contributed by atoms with Gasteiger partial charge in [0.1, 0.15) is 5.76 Å². The molecule has 0 radical (unpaired) electrons. The monoisotopic (exact) mass is 268 g/mol. The fourth-order valence-electron chi connectivity index (χ4n) is 2.30. The quantitative estimate of drug-likeness (QED) is 0.729. The highest BCUT2D eigenvalue weighted by Gasteiger charge is 2.17. The number of furan rings is 1. The predicted octanol–water partition coefficient (Wildman–Crippen LogP) is 4.64. The van der Waals surface area contributed by atoms with Crippen LogP contribution in [0.5, 0.6) is 0 Å². The van der Waals surface area contributed by atoms with Gasteiger partial charge in [0.2, 0.25) is 0 Å². The average Bonchev–Trinajstić information content (AvgIpc) is 2.80. The van der Waals surface area contributed by atoms with Gasteiger partial charge < -0.3 is 4.42 Å². The molecule has 1 aliphatic carbocycles. The van der Waals surface area contributed by atoms with Crippen molar-refractivity contribution < 1.29 is 4.42 Å². The van der Waals surface area contributed by atoms with E-state index in [0.717, 1.165) is 17.0 Å². The van der Waals surface area contributed by atoms with E-state index >= 15 is 0 Å². The van der Waals surface area contributed by atoms with Crippen molar-refractivity contribution >= 4 is 22.0 Å².